The van der Waals surface area contributed by atoms with Crippen molar-refractivity contribution in [3.8, 4) is 0 Å². The van der Waals surface area contributed by atoms with Gasteiger partial charge in [0.05, 0.1) is 6.04 Å². The number of rotatable bonds is 4. The predicted molar refractivity (Wildman–Crippen MR) is 75.5 cm³/mol. The lowest BCUT2D eigenvalue weighted by Gasteiger charge is -2.40. The van der Waals surface area contributed by atoms with Gasteiger partial charge in [0.15, 0.2) is 0 Å². The van der Waals surface area contributed by atoms with Crippen LogP contribution in [-0.4, -0.2) is 31.6 Å². The Balaban J connectivity index is 3.28. The first-order chi connectivity index (χ1) is 7.79. The van der Waals surface area contributed by atoms with Gasteiger partial charge in [-0.1, -0.05) is 23.8 Å². The van der Waals surface area contributed by atoms with Crippen LogP contribution in [0.15, 0.2) is 18.2 Å². The van der Waals surface area contributed by atoms with E-state index in [0.29, 0.717) is 6.04 Å². The van der Waals surface area contributed by atoms with E-state index in [1.54, 1.807) is 0 Å². The highest BCUT2D eigenvalue weighted by Gasteiger charge is 2.31. The molecule has 0 spiro atoms. The summed E-state index contributed by atoms with van der Waals surface area (Å²) in [6.07, 6.45) is 0. The van der Waals surface area contributed by atoms with Crippen LogP contribution in [0.25, 0.3) is 0 Å². The molecule has 1 aromatic carbocycles. The first-order valence-electron chi connectivity index (χ1n) is 6.22. The van der Waals surface area contributed by atoms with Gasteiger partial charge in [0.25, 0.3) is 0 Å². The lowest BCUT2D eigenvalue weighted by molar-refractivity contribution is 0.177. The zero-order chi connectivity index (χ0) is 13.2. The van der Waals surface area contributed by atoms with E-state index in [0.717, 1.165) is 0 Å². The van der Waals surface area contributed by atoms with Gasteiger partial charge in [-0.2, -0.15) is 0 Å². The fourth-order valence-electron chi connectivity index (χ4n) is 2.50. The van der Waals surface area contributed by atoms with Crippen LogP contribution in [0.1, 0.15) is 36.6 Å². The standard InChI is InChI=1S/C15H26N2/c1-11-8-9-12(2)13(10-11)14(17(6)7)15(3,4)16-5/h8-10,14,16H,1-7H3. The van der Waals surface area contributed by atoms with Crippen LogP contribution < -0.4 is 5.32 Å². The van der Waals surface area contributed by atoms with Crippen molar-refractivity contribution in [3.05, 3.63) is 34.9 Å². The fraction of sp³-hybridized carbons (Fsp3) is 0.600. The van der Waals surface area contributed by atoms with Gasteiger partial charge >= 0.3 is 0 Å². The number of benzene rings is 1. The molecule has 1 N–H and O–H groups in total. The quantitative estimate of drug-likeness (QED) is 0.862. The van der Waals surface area contributed by atoms with E-state index in [-0.39, 0.29) is 5.54 Å². The van der Waals surface area contributed by atoms with Gasteiger partial charge in [0.2, 0.25) is 0 Å². The van der Waals surface area contributed by atoms with E-state index in [2.05, 4.69) is 70.2 Å². The van der Waals surface area contributed by atoms with Crippen molar-refractivity contribution in [2.75, 3.05) is 21.1 Å². The average Bonchev–Trinajstić information content (AvgIpc) is 2.22. The smallest absolute Gasteiger partial charge is 0.0522 e. The first-order valence-corrected chi connectivity index (χ1v) is 6.22. The second-order valence-corrected chi connectivity index (χ2v) is 5.70. The Hall–Kier alpha value is -0.860. The number of likely N-dealkylation sites (N-methyl/N-ethyl adjacent to an activating group) is 2. The molecule has 0 aliphatic heterocycles. The molecule has 0 aliphatic carbocycles. The third kappa shape index (κ3) is 3.08. The van der Waals surface area contributed by atoms with Crippen LogP contribution in [-0.2, 0) is 0 Å². The molecule has 0 radical (unpaired) electrons. The minimum atomic E-state index is 0.0437. The average molecular weight is 234 g/mol. The molecule has 1 rings (SSSR count). The molecule has 0 saturated carbocycles. The maximum Gasteiger partial charge on any atom is 0.0522 e. The van der Waals surface area contributed by atoms with Crippen LogP contribution in [0, 0.1) is 13.8 Å². The molecule has 96 valence electrons. The largest absolute Gasteiger partial charge is 0.313 e. The highest BCUT2D eigenvalue weighted by molar-refractivity contribution is 5.34. The summed E-state index contributed by atoms with van der Waals surface area (Å²) in [5, 5.41) is 3.43. The van der Waals surface area contributed by atoms with Crippen LogP contribution in [0.4, 0.5) is 0 Å². The van der Waals surface area contributed by atoms with Gasteiger partial charge in [0.1, 0.15) is 0 Å². The molecule has 0 aliphatic rings. The van der Waals surface area contributed by atoms with Crippen LogP contribution >= 0.6 is 0 Å². The summed E-state index contributed by atoms with van der Waals surface area (Å²) in [5.41, 5.74) is 4.14. The second kappa shape index (κ2) is 5.19. The van der Waals surface area contributed by atoms with Gasteiger partial charge in [-0.25, -0.2) is 0 Å². The van der Waals surface area contributed by atoms with Crippen LogP contribution in [0.2, 0.25) is 0 Å². The Kier molecular flexibility index (Phi) is 4.34. The summed E-state index contributed by atoms with van der Waals surface area (Å²) in [5.74, 6) is 0. The summed E-state index contributed by atoms with van der Waals surface area (Å²) in [4.78, 5) is 2.29. The molecule has 0 heterocycles. The fourth-order valence-corrected chi connectivity index (χ4v) is 2.50. The summed E-state index contributed by atoms with van der Waals surface area (Å²) in [6, 6.07) is 7.07. The number of hydrogen-bond donors (Lipinski definition) is 1. The van der Waals surface area contributed by atoms with Crippen molar-refractivity contribution in [2.24, 2.45) is 0 Å². The second-order valence-electron chi connectivity index (χ2n) is 5.70. The molecular formula is C15H26N2. The zero-order valence-corrected chi connectivity index (χ0v) is 12.3. The maximum atomic E-state index is 3.43. The number of aryl methyl sites for hydroxylation is 2. The van der Waals surface area contributed by atoms with Gasteiger partial charge in [-0.3, -0.25) is 0 Å². The molecule has 0 bridgehead atoms. The van der Waals surface area contributed by atoms with Crippen molar-refractivity contribution in [1.29, 1.82) is 0 Å². The first kappa shape index (κ1) is 14.2. The number of hydrogen-bond acceptors (Lipinski definition) is 2. The normalized spacial score (nSPS) is 14.1. The summed E-state index contributed by atoms with van der Waals surface area (Å²) >= 11 is 0. The molecule has 1 aromatic rings. The van der Waals surface area contributed by atoms with Crippen molar-refractivity contribution in [2.45, 2.75) is 39.3 Å². The van der Waals surface area contributed by atoms with E-state index in [4.69, 9.17) is 0 Å². The third-order valence-electron chi connectivity index (χ3n) is 3.57. The van der Waals surface area contributed by atoms with Crippen molar-refractivity contribution in [1.82, 2.24) is 10.2 Å². The Labute approximate surface area is 106 Å². The van der Waals surface area contributed by atoms with Crippen molar-refractivity contribution >= 4 is 0 Å². The summed E-state index contributed by atoms with van der Waals surface area (Å²) in [7, 11) is 6.32. The SMILES string of the molecule is CNC(C)(C)C(c1cc(C)ccc1C)N(C)C. The Morgan fingerprint density at radius 3 is 2.24 bits per heavy atom. The lowest BCUT2D eigenvalue weighted by atomic mass is 9.85. The Morgan fingerprint density at radius 1 is 1.18 bits per heavy atom. The predicted octanol–water partition coefficient (Wildman–Crippen LogP) is 2.90. The lowest BCUT2D eigenvalue weighted by Crippen LogP contribution is -2.48. The molecule has 17 heavy (non-hydrogen) atoms. The van der Waals surface area contributed by atoms with E-state index < -0.39 is 0 Å². The molecule has 0 aromatic heterocycles. The molecule has 1 atom stereocenters. The summed E-state index contributed by atoms with van der Waals surface area (Å²) < 4.78 is 0. The minimum Gasteiger partial charge on any atom is -0.313 e. The molecule has 2 heteroatoms. The van der Waals surface area contributed by atoms with Gasteiger partial charge < -0.3 is 10.2 Å². The number of nitrogens with zero attached hydrogens (tertiary/aromatic N) is 1. The zero-order valence-electron chi connectivity index (χ0n) is 12.3. The van der Waals surface area contributed by atoms with Gasteiger partial charge in [-0.05, 0) is 60.0 Å². The van der Waals surface area contributed by atoms with E-state index in [9.17, 15) is 0 Å². The highest BCUT2D eigenvalue weighted by atomic mass is 15.2. The maximum absolute atomic E-state index is 3.43. The summed E-state index contributed by atoms with van der Waals surface area (Å²) in [6.45, 7) is 8.85. The Morgan fingerprint density at radius 2 is 1.76 bits per heavy atom. The van der Waals surface area contributed by atoms with Crippen molar-refractivity contribution < 1.29 is 0 Å². The van der Waals surface area contributed by atoms with Crippen LogP contribution in [0.3, 0.4) is 0 Å². The van der Waals surface area contributed by atoms with Crippen LogP contribution in [0.5, 0.6) is 0 Å². The minimum absolute atomic E-state index is 0.0437. The van der Waals surface area contributed by atoms with E-state index in [1.165, 1.54) is 16.7 Å². The van der Waals surface area contributed by atoms with E-state index in [1.807, 2.05) is 7.05 Å². The molecule has 0 fully saturated rings. The monoisotopic (exact) mass is 234 g/mol. The topological polar surface area (TPSA) is 15.3 Å². The number of nitrogens with one attached hydrogen (secondary N) is 1. The Bertz CT molecular complexity index is 381. The van der Waals surface area contributed by atoms with Gasteiger partial charge in [0, 0.05) is 5.54 Å². The molecule has 2 nitrogen and oxygen atoms in total. The molecule has 0 amide bonds. The third-order valence-corrected chi connectivity index (χ3v) is 3.57. The highest BCUT2D eigenvalue weighted by Crippen LogP contribution is 2.32. The van der Waals surface area contributed by atoms with E-state index >= 15 is 0 Å². The molecule has 0 saturated heterocycles. The molecular weight excluding hydrogens is 208 g/mol. The molecule has 1 unspecified atom stereocenters. The van der Waals surface area contributed by atoms with Gasteiger partial charge in [-0.15, -0.1) is 0 Å². The van der Waals surface area contributed by atoms with Crippen molar-refractivity contribution in [3.63, 3.8) is 0 Å².